The molecule has 1 atom stereocenters. The van der Waals surface area contributed by atoms with E-state index in [1.807, 2.05) is 25.1 Å². The van der Waals surface area contributed by atoms with Crippen molar-refractivity contribution in [1.29, 1.82) is 0 Å². The topological polar surface area (TPSA) is 60.9 Å². The monoisotopic (exact) mass is 296 g/mol. The average Bonchev–Trinajstić information content (AvgIpc) is 2.83. The van der Waals surface area contributed by atoms with Crippen LogP contribution in [0.1, 0.15) is 12.0 Å². The molecular formula is C17H16N2O3. The molecule has 5 heteroatoms. The third-order valence-corrected chi connectivity index (χ3v) is 3.73. The van der Waals surface area contributed by atoms with Crippen LogP contribution in [-0.4, -0.2) is 23.1 Å². The lowest BCUT2D eigenvalue weighted by Crippen LogP contribution is -2.40. The molecule has 0 spiro atoms. The molecule has 1 saturated heterocycles. The molecule has 1 N–H and O–H groups in total. The summed E-state index contributed by atoms with van der Waals surface area (Å²) in [4.78, 5) is 25.8. The first-order valence-electron chi connectivity index (χ1n) is 7.04. The highest BCUT2D eigenvalue weighted by molar-refractivity contribution is 6.23. The number of imide groups is 1. The van der Waals surface area contributed by atoms with Crippen molar-refractivity contribution in [2.75, 3.05) is 9.96 Å². The molecule has 2 aromatic carbocycles. The number of benzene rings is 2. The molecule has 2 aromatic rings. The van der Waals surface area contributed by atoms with Crippen molar-refractivity contribution in [3.05, 3.63) is 60.2 Å². The van der Waals surface area contributed by atoms with Crippen molar-refractivity contribution >= 4 is 23.2 Å². The summed E-state index contributed by atoms with van der Waals surface area (Å²) in [6.45, 7) is 1.94. The highest BCUT2D eigenvalue weighted by Gasteiger charge is 2.43. The van der Waals surface area contributed by atoms with Gasteiger partial charge in [-0.15, -0.1) is 0 Å². The number of hydrogen-bond donors (Lipinski definition) is 1. The maximum atomic E-state index is 12.5. The Hall–Kier alpha value is -2.66. The molecule has 1 aliphatic heterocycles. The van der Waals surface area contributed by atoms with Gasteiger partial charge in [-0.2, -0.15) is 0 Å². The van der Waals surface area contributed by atoms with Crippen LogP contribution in [0.15, 0.2) is 54.6 Å². The maximum Gasteiger partial charge on any atom is 0.259 e. The number of anilines is 2. The Bertz CT molecular complexity index is 698. The van der Waals surface area contributed by atoms with Gasteiger partial charge in [-0.3, -0.25) is 14.8 Å². The maximum absolute atomic E-state index is 12.5. The van der Waals surface area contributed by atoms with Gasteiger partial charge in [0.25, 0.3) is 5.91 Å². The molecule has 3 rings (SSSR count). The molecule has 2 amide bonds. The fraction of sp³-hybridized carbons (Fsp3) is 0.176. The van der Waals surface area contributed by atoms with E-state index in [9.17, 15) is 14.8 Å². The number of amides is 2. The van der Waals surface area contributed by atoms with Crippen LogP contribution in [0.2, 0.25) is 0 Å². The highest BCUT2D eigenvalue weighted by atomic mass is 16.5. The molecule has 1 aliphatic rings. The Morgan fingerprint density at radius 1 is 1.05 bits per heavy atom. The zero-order chi connectivity index (χ0) is 15.7. The quantitative estimate of drug-likeness (QED) is 0.698. The summed E-state index contributed by atoms with van der Waals surface area (Å²) in [5.74, 6) is -0.728. The molecule has 1 fully saturated rings. The van der Waals surface area contributed by atoms with Crippen LogP contribution in [0.3, 0.4) is 0 Å². The van der Waals surface area contributed by atoms with Gasteiger partial charge in [0.05, 0.1) is 17.8 Å². The number of aryl methyl sites for hydroxylation is 1. The molecular weight excluding hydrogens is 280 g/mol. The van der Waals surface area contributed by atoms with Gasteiger partial charge in [0, 0.05) is 0 Å². The second-order valence-electron chi connectivity index (χ2n) is 5.30. The minimum absolute atomic E-state index is 0.0435. The third-order valence-electron chi connectivity index (χ3n) is 3.73. The number of hydrogen-bond acceptors (Lipinski definition) is 4. The SMILES string of the molecule is Cc1ccc(N2C(=O)C[C@@H](N(O)c3ccccc3)C2=O)cc1. The van der Waals surface area contributed by atoms with Crippen molar-refractivity contribution in [3.63, 3.8) is 0 Å². The van der Waals surface area contributed by atoms with Crippen molar-refractivity contribution in [2.45, 2.75) is 19.4 Å². The Labute approximate surface area is 128 Å². The van der Waals surface area contributed by atoms with Crippen LogP contribution in [0, 0.1) is 6.92 Å². The number of rotatable bonds is 3. The second kappa shape index (κ2) is 5.61. The minimum atomic E-state index is -0.892. The number of carbonyl (C=O) groups is 2. The molecule has 0 unspecified atom stereocenters. The Morgan fingerprint density at radius 3 is 2.32 bits per heavy atom. The molecule has 1 heterocycles. The first-order valence-corrected chi connectivity index (χ1v) is 7.04. The van der Waals surface area contributed by atoms with Gasteiger partial charge in [-0.1, -0.05) is 35.9 Å². The molecule has 0 radical (unpaired) electrons. The number of para-hydroxylation sites is 1. The number of nitrogens with zero attached hydrogens (tertiary/aromatic N) is 2. The highest BCUT2D eigenvalue weighted by Crippen LogP contribution is 2.27. The van der Waals surface area contributed by atoms with Gasteiger partial charge in [-0.05, 0) is 31.2 Å². The van der Waals surface area contributed by atoms with Crippen LogP contribution >= 0.6 is 0 Å². The lowest BCUT2D eigenvalue weighted by Gasteiger charge is -2.22. The van der Waals surface area contributed by atoms with E-state index in [0.29, 0.717) is 11.4 Å². The largest absolute Gasteiger partial charge is 0.288 e. The zero-order valence-corrected chi connectivity index (χ0v) is 12.1. The number of carbonyl (C=O) groups excluding carboxylic acids is 2. The molecule has 0 aliphatic carbocycles. The summed E-state index contributed by atoms with van der Waals surface area (Å²) in [5, 5.41) is 11.1. The third kappa shape index (κ3) is 2.46. The summed E-state index contributed by atoms with van der Waals surface area (Å²) in [6.07, 6.45) is -0.0435. The Balaban J connectivity index is 1.87. The first-order chi connectivity index (χ1) is 10.6. The summed E-state index contributed by atoms with van der Waals surface area (Å²) in [6, 6.07) is 15.0. The normalized spacial score (nSPS) is 17.9. The van der Waals surface area contributed by atoms with Crippen LogP contribution in [0.25, 0.3) is 0 Å². The molecule has 22 heavy (non-hydrogen) atoms. The summed E-state index contributed by atoms with van der Waals surface area (Å²) < 4.78 is 0. The smallest absolute Gasteiger partial charge is 0.259 e. The van der Waals surface area contributed by atoms with E-state index in [1.165, 1.54) is 0 Å². The van der Waals surface area contributed by atoms with Gasteiger partial charge < -0.3 is 0 Å². The second-order valence-corrected chi connectivity index (χ2v) is 5.30. The van der Waals surface area contributed by atoms with Crippen molar-refractivity contribution in [3.8, 4) is 0 Å². The van der Waals surface area contributed by atoms with E-state index in [4.69, 9.17) is 0 Å². The van der Waals surface area contributed by atoms with Gasteiger partial charge in [0.2, 0.25) is 5.91 Å². The van der Waals surface area contributed by atoms with E-state index in [1.54, 1.807) is 36.4 Å². The lowest BCUT2D eigenvalue weighted by molar-refractivity contribution is -0.121. The molecule has 0 saturated carbocycles. The molecule has 0 bridgehead atoms. The minimum Gasteiger partial charge on any atom is -0.288 e. The lowest BCUT2D eigenvalue weighted by atomic mass is 10.2. The molecule has 112 valence electrons. The van der Waals surface area contributed by atoms with Gasteiger partial charge in [0.15, 0.2) is 0 Å². The fourth-order valence-electron chi connectivity index (χ4n) is 2.53. The Kier molecular flexibility index (Phi) is 3.65. The summed E-state index contributed by atoms with van der Waals surface area (Å²) in [5.41, 5.74) is 2.07. The predicted molar refractivity (Wildman–Crippen MR) is 82.8 cm³/mol. The van der Waals surface area contributed by atoms with Crippen molar-refractivity contribution in [1.82, 2.24) is 0 Å². The van der Waals surface area contributed by atoms with Crippen LogP contribution < -0.4 is 9.96 Å². The summed E-state index contributed by atoms with van der Waals surface area (Å²) in [7, 11) is 0. The standard InChI is InChI=1S/C17H16N2O3/c1-12-7-9-13(10-8-12)18-16(20)11-15(17(18)21)19(22)14-5-3-2-4-6-14/h2-10,15,22H,11H2,1H3/t15-/m1/s1. The predicted octanol–water partition coefficient (Wildman–Crippen LogP) is 2.52. The molecule has 0 aromatic heterocycles. The van der Waals surface area contributed by atoms with Crippen molar-refractivity contribution < 1.29 is 14.8 Å². The van der Waals surface area contributed by atoms with Crippen LogP contribution in [-0.2, 0) is 9.59 Å². The number of hydroxylamine groups is 1. The fourth-order valence-corrected chi connectivity index (χ4v) is 2.53. The van der Waals surface area contributed by atoms with Crippen LogP contribution in [0.5, 0.6) is 0 Å². The first kappa shape index (κ1) is 14.3. The van der Waals surface area contributed by atoms with Gasteiger partial charge >= 0.3 is 0 Å². The average molecular weight is 296 g/mol. The van der Waals surface area contributed by atoms with Gasteiger partial charge in [0.1, 0.15) is 6.04 Å². The van der Waals surface area contributed by atoms with Crippen molar-refractivity contribution in [2.24, 2.45) is 0 Å². The van der Waals surface area contributed by atoms with E-state index in [-0.39, 0.29) is 12.3 Å². The zero-order valence-electron chi connectivity index (χ0n) is 12.1. The van der Waals surface area contributed by atoms with E-state index in [2.05, 4.69) is 0 Å². The van der Waals surface area contributed by atoms with Gasteiger partial charge in [-0.25, -0.2) is 9.96 Å². The Morgan fingerprint density at radius 2 is 1.68 bits per heavy atom. The van der Waals surface area contributed by atoms with Crippen LogP contribution in [0.4, 0.5) is 11.4 Å². The van der Waals surface area contributed by atoms with E-state index >= 15 is 0 Å². The summed E-state index contributed by atoms with van der Waals surface area (Å²) >= 11 is 0. The van der Waals surface area contributed by atoms with E-state index in [0.717, 1.165) is 15.5 Å². The molecule has 5 nitrogen and oxygen atoms in total. The van der Waals surface area contributed by atoms with E-state index < -0.39 is 11.9 Å².